The molecule has 0 atom stereocenters. The predicted molar refractivity (Wildman–Crippen MR) is 124 cm³/mol. The van der Waals surface area contributed by atoms with E-state index in [1.54, 1.807) is 24.5 Å². The van der Waals surface area contributed by atoms with E-state index in [4.69, 9.17) is 19.9 Å². The van der Waals surface area contributed by atoms with E-state index in [9.17, 15) is 4.79 Å². The van der Waals surface area contributed by atoms with Gasteiger partial charge < -0.3 is 29.7 Å². The average molecular weight is 471 g/mol. The normalized spacial score (nSPS) is 19.2. The van der Waals surface area contributed by atoms with Gasteiger partial charge in [0.1, 0.15) is 13.2 Å². The summed E-state index contributed by atoms with van der Waals surface area (Å²) >= 11 is 0. The summed E-state index contributed by atoms with van der Waals surface area (Å²) in [5, 5.41) is 0. The number of pyridine rings is 1. The number of esters is 1. The van der Waals surface area contributed by atoms with Crippen molar-refractivity contribution in [3.63, 3.8) is 0 Å². The Morgan fingerprint density at radius 2 is 1.88 bits per heavy atom. The first-order valence-electron chi connectivity index (χ1n) is 10.3. The number of ether oxygens (including phenoxy) is 3. The summed E-state index contributed by atoms with van der Waals surface area (Å²) in [7, 11) is 0. The molecule has 0 bridgehead atoms. The number of carbonyl (C=O) groups excluding carboxylic acids is 1. The van der Waals surface area contributed by atoms with Gasteiger partial charge in [0.15, 0.2) is 29.0 Å². The summed E-state index contributed by atoms with van der Waals surface area (Å²) < 4.78 is 16.7. The van der Waals surface area contributed by atoms with Crippen LogP contribution in [0, 0.1) is 0 Å². The molecule has 1 saturated heterocycles. The third-order valence-electron chi connectivity index (χ3n) is 5.24. The number of hydrogen-bond donors (Lipinski definition) is 1. The van der Waals surface area contributed by atoms with Crippen LogP contribution in [0.2, 0.25) is 0 Å². The number of carbonyl (C=O) groups is 1. The number of halogens is 1. The molecular weight excluding hydrogens is 448 g/mol. The molecule has 0 saturated carbocycles. The summed E-state index contributed by atoms with van der Waals surface area (Å²) in [6, 6.07) is 10.9. The van der Waals surface area contributed by atoms with E-state index in [0.717, 1.165) is 0 Å². The molecule has 1 fully saturated rings. The lowest BCUT2D eigenvalue weighted by Gasteiger charge is -2.34. The zero-order valence-electron chi connectivity index (χ0n) is 17.7. The fraction of sp³-hybridized carbons (Fsp3) is 0.273. The monoisotopic (exact) mass is 470 g/mol. The van der Waals surface area contributed by atoms with Crippen molar-refractivity contribution >= 4 is 36.1 Å². The van der Waals surface area contributed by atoms with E-state index in [1.807, 2.05) is 34.1 Å². The maximum atomic E-state index is 12.4. The highest BCUT2D eigenvalue weighted by Crippen LogP contribution is 2.35. The topological polar surface area (TPSA) is 115 Å². The molecule has 1 aromatic heterocycles. The Bertz CT molecular complexity index is 1110. The summed E-state index contributed by atoms with van der Waals surface area (Å²) in [5.41, 5.74) is 6.98. The van der Waals surface area contributed by atoms with E-state index >= 15 is 0 Å². The molecule has 10 nitrogen and oxygen atoms in total. The third-order valence-corrected chi connectivity index (χ3v) is 5.24. The molecule has 11 heteroatoms. The van der Waals surface area contributed by atoms with Crippen LogP contribution in [0.15, 0.2) is 64.5 Å². The number of guanidine groups is 1. The smallest absolute Gasteiger partial charge is 0.365 e. The fourth-order valence-electron chi connectivity index (χ4n) is 3.62. The van der Waals surface area contributed by atoms with Crippen LogP contribution in [0.5, 0.6) is 11.5 Å². The van der Waals surface area contributed by atoms with Crippen molar-refractivity contribution in [2.75, 3.05) is 39.4 Å². The van der Waals surface area contributed by atoms with E-state index in [0.29, 0.717) is 68.2 Å². The van der Waals surface area contributed by atoms with Crippen molar-refractivity contribution in [2.45, 2.75) is 0 Å². The van der Waals surface area contributed by atoms with Crippen LogP contribution in [0.3, 0.4) is 0 Å². The second kappa shape index (κ2) is 9.78. The fourth-order valence-corrected chi connectivity index (χ4v) is 3.62. The maximum Gasteiger partial charge on any atom is 0.365 e. The molecule has 5 rings (SSSR count). The Kier molecular flexibility index (Phi) is 6.64. The minimum Gasteiger partial charge on any atom is -0.486 e. The summed E-state index contributed by atoms with van der Waals surface area (Å²) in [5.74, 6) is 1.88. The molecule has 0 amide bonds. The number of aromatic nitrogens is 1. The number of nitrogens with zero attached hydrogens (tertiary/aromatic N) is 5. The van der Waals surface area contributed by atoms with Crippen molar-refractivity contribution in [1.29, 1.82) is 0 Å². The largest absolute Gasteiger partial charge is 0.486 e. The number of rotatable bonds is 3. The number of para-hydroxylation sites is 1. The standard InChI is InChI=1S/C22H22N6O4.ClH/c23-22(26-18-6-1-2-7-24-18)28-10-8-27(9-11-28)14-16-21(29)32-20(25-16)15-4-3-5-17-19(15)31-13-12-30-17;/h1-7,14H,8-13H2,(H2,23,24,26);1H. The number of nitrogens with two attached hydrogens (primary N) is 1. The molecule has 3 aliphatic rings. The van der Waals surface area contributed by atoms with Crippen molar-refractivity contribution in [1.82, 2.24) is 14.8 Å². The summed E-state index contributed by atoms with van der Waals surface area (Å²) in [4.78, 5) is 29.4. The van der Waals surface area contributed by atoms with Crippen LogP contribution in [0.1, 0.15) is 5.56 Å². The predicted octanol–water partition coefficient (Wildman–Crippen LogP) is 1.68. The Morgan fingerprint density at radius 3 is 2.67 bits per heavy atom. The molecule has 33 heavy (non-hydrogen) atoms. The van der Waals surface area contributed by atoms with Crippen LogP contribution in [-0.2, 0) is 9.53 Å². The molecule has 0 spiro atoms. The van der Waals surface area contributed by atoms with Crippen LogP contribution in [0.4, 0.5) is 5.82 Å². The van der Waals surface area contributed by atoms with Crippen molar-refractivity contribution < 1.29 is 19.0 Å². The van der Waals surface area contributed by atoms with E-state index in [-0.39, 0.29) is 24.0 Å². The van der Waals surface area contributed by atoms with Gasteiger partial charge in [0.25, 0.3) is 0 Å². The highest BCUT2D eigenvalue weighted by molar-refractivity contribution is 6.12. The number of cyclic esters (lactones) is 1. The Morgan fingerprint density at radius 1 is 1.06 bits per heavy atom. The average Bonchev–Trinajstić information content (AvgIpc) is 3.19. The minimum absolute atomic E-state index is 0. The van der Waals surface area contributed by atoms with Gasteiger partial charge in [-0.15, -0.1) is 12.4 Å². The van der Waals surface area contributed by atoms with Gasteiger partial charge in [0.2, 0.25) is 5.90 Å². The van der Waals surface area contributed by atoms with Gasteiger partial charge in [-0.05, 0) is 24.3 Å². The first-order chi connectivity index (χ1) is 15.7. The van der Waals surface area contributed by atoms with Crippen molar-refractivity contribution in [3.8, 4) is 11.5 Å². The molecular formula is C22H23ClN6O4. The number of hydrogen-bond acceptors (Lipinski definition) is 8. The quantitative estimate of drug-likeness (QED) is 0.312. The van der Waals surface area contributed by atoms with Gasteiger partial charge >= 0.3 is 5.97 Å². The molecule has 4 heterocycles. The highest BCUT2D eigenvalue weighted by atomic mass is 35.5. The molecule has 0 aliphatic carbocycles. The number of piperazine rings is 1. The van der Waals surface area contributed by atoms with Gasteiger partial charge in [-0.1, -0.05) is 12.1 Å². The van der Waals surface area contributed by atoms with Crippen LogP contribution < -0.4 is 15.2 Å². The Balaban J connectivity index is 0.00000259. The molecule has 1 aromatic carbocycles. The Hall–Kier alpha value is -3.79. The lowest BCUT2D eigenvalue weighted by atomic mass is 10.1. The van der Waals surface area contributed by atoms with Gasteiger partial charge in [-0.2, -0.15) is 4.99 Å². The molecule has 3 aliphatic heterocycles. The van der Waals surface area contributed by atoms with E-state index in [1.165, 1.54) is 0 Å². The zero-order chi connectivity index (χ0) is 21.9. The number of benzene rings is 1. The summed E-state index contributed by atoms with van der Waals surface area (Å²) in [6.45, 7) is 3.57. The van der Waals surface area contributed by atoms with Gasteiger partial charge in [0, 0.05) is 38.6 Å². The van der Waals surface area contributed by atoms with Gasteiger partial charge in [-0.25, -0.2) is 14.8 Å². The molecule has 172 valence electrons. The molecule has 0 radical (unpaired) electrons. The van der Waals surface area contributed by atoms with Gasteiger partial charge in [-0.3, -0.25) is 0 Å². The van der Waals surface area contributed by atoms with Crippen molar-refractivity contribution in [2.24, 2.45) is 15.7 Å². The minimum atomic E-state index is -0.493. The van der Waals surface area contributed by atoms with Crippen molar-refractivity contribution in [3.05, 3.63) is 60.1 Å². The molecule has 2 N–H and O–H groups in total. The van der Waals surface area contributed by atoms with E-state index < -0.39 is 5.97 Å². The number of fused-ring (bicyclic) bond motifs is 1. The van der Waals surface area contributed by atoms with E-state index in [2.05, 4.69) is 15.0 Å². The highest BCUT2D eigenvalue weighted by Gasteiger charge is 2.29. The summed E-state index contributed by atoms with van der Waals surface area (Å²) in [6.07, 6.45) is 3.40. The number of aliphatic imine (C=N–C) groups is 2. The maximum absolute atomic E-state index is 12.4. The zero-order valence-corrected chi connectivity index (χ0v) is 18.5. The third kappa shape index (κ3) is 4.85. The first kappa shape index (κ1) is 22.4. The molecule has 0 unspecified atom stereocenters. The van der Waals surface area contributed by atoms with Crippen LogP contribution >= 0.6 is 12.4 Å². The Labute approximate surface area is 196 Å². The van der Waals surface area contributed by atoms with Crippen LogP contribution in [0.25, 0.3) is 0 Å². The van der Waals surface area contributed by atoms with Gasteiger partial charge in [0.05, 0.1) is 5.56 Å². The lowest BCUT2D eigenvalue weighted by molar-refractivity contribution is -0.130. The lowest BCUT2D eigenvalue weighted by Crippen LogP contribution is -2.49. The molecule has 2 aromatic rings. The SMILES string of the molecule is Cl.N/C(=N\c1ccccn1)N1CCN(C=C2N=C(c3cccc4c3OCCO4)OC2=O)CC1. The first-order valence-corrected chi connectivity index (χ1v) is 10.3. The second-order valence-corrected chi connectivity index (χ2v) is 7.33. The van der Waals surface area contributed by atoms with Crippen LogP contribution in [-0.4, -0.2) is 72.0 Å². The second-order valence-electron chi connectivity index (χ2n) is 7.33.